The predicted molar refractivity (Wildman–Crippen MR) is 187 cm³/mol. The molecule has 0 bridgehead atoms. The lowest BCUT2D eigenvalue weighted by Gasteiger charge is -2.24. The molecule has 256 valence electrons. The van der Waals surface area contributed by atoms with E-state index in [0.29, 0.717) is 0 Å². The lowest BCUT2D eigenvalue weighted by Crippen LogP contribution is -2.33. The molecule has 0 amide bonds. The number of cyclic esters (lactones) is 1. The van der Waals surface area contributed by atoms with Gasteiger partial charge in [0.1, 0.15) is 6.10 Å². The van der Waals surface area contributed by atoms with E-state index in [0.717, 1.165) is 73.7 Å². The summed E-state index contributed by atoms with van der Waals surface area (Å²) in [6.45, 7) is 4.17. The fourth-order valence-corrected chi connectivity index (χ4v) is 8.13. The molecule has 0 radical (unpaired) electrons. The standard InChI is InChI=1S/C37H65IO6/c1-3-4-5-15-19-30(38)20-17-22-32(40)34-24-26-36(44-34)35-25-23-33(43-35)31(39)21-16-13-11-9-7-6-8-10-12-14-18-29-27-28(2)42-37(29)41/h27-28,30-36,39-40H,3-26H2,1-2H3/t28-,30+,31+,32-,33+,34+,35+,36+/m0/s1. The first-order chi connectivity index (χ1) is 21.4. The number of rotatable bonds is 25. The summed E-state index contributed by atoms with van der Waals surface area (Å²) in [5.41, 5.74) is 0.869. The van der Waals surface area contributed by atoms with Gasteiger partial charge in [-0.2, -0.15) is 0 Å². The zero-order valence-corrected chi connectivity index (χ0v) is 30.2. The van der Waals surface area contributed by atoms with Crippen molar-refractivity contribution >= 4 is 28.6 Å². The van der Waals surface area contributed by atoms with Crippen molar-refractivity contribution in [1.82, 2.24) is 0 Å². The van der Waals surface area contributed by atoms with Gasteiger partial charge in [-0.15, -0.1) is 0 Å². The summed E-state index contributed by atoms with van der Waals surface area (Å²) in [5.74, 6) is -0.118. The number of carbonyl (C=O) groups excluding carboxylic acids is 1. The van der Waals surface area contributed by atoms with Gasteiger partial charge >= 0.3 is 5.97 Å². The first-order valence-corrected chi connectivity index (χ1v) is 19.8. The van der Waals surface area contributed by atoms with Crippen LogP contribution in [-0.4, -0.2) is 62.8 Å². The molecule has 0 aromatic heterocycles. The van der Waals surface area contributed by atoms with E-state index in [1.165, 1.54) is 89.9 Å². The highest BCUT2D eigenvalue weighted by molar-refractivity contribution is 14.1. The molecule has 44 heavy (non-hydrogen) atoms. The highest BCUT2D eigenvalue weighted by Crippen LogP contribution is 2.35. The molecular formula is C37H65IO6. The minimum atomic E-state index is -0.379. The SMILES string of the molecule is CCCCCC[C@@H](I)CCC[C@H](O)[C@H]1CC[C@H]([C@H]2CC[C@H]([C@H](O)CCCCCCCCCCCCC3=C[C@H](C)OC3=O)O2)O1. The Kier molecular flexibility index (Phi) is 19.4. The van der Waals surface area contributed by atoms with Gasteiger partial charge in [-0.1, -0.05) is 113 Å². The Balaban J connectivity index is 1.13. The zero-order chi connectivity index (χ0) is 31.6. The summed E-state index contributed by atoms with van der Waals surface area (Å²) in [5, 5.41) is 21.5. The van der Waals surface area contributed by atoms with Crippen molar-refractivity contribution in [1.29, 1.82) is 0 Å². The van der Waals surface area contributed by atoms with Gasteiger partial charge in [0.2, 0.25) is 0 Å². The summed E-state index contributed by atoms with van der Waals surface area (Å²) in [4.78, 5) is 11.6. The third kappa shape index (κ3) is 14.7. The Morgan fingerprint density at radius 1 is 0.705 bits per heavy atom. The quantitative estimate of drug-likeness (QED) is 0.0422. The number of aliphatic hydroxyl groups excluding tert-OH is 2. The van der Waals surface area contributed by atoms with Crippen molar-refractivity contribution in [2.24, 2.45) is 0 Å². The minimum Gasteiger partial charge on any atom is -0.455 e. The van der Waals surface area contributed by atoms with Crippen molar-refractivity contribution in [3.05, 3.63) is 11.6 Å². The van der Waals surface area contributed by atoms with Gasteiger partial charge in [0.05, 0.1) is 36.6 Å². The number of hydrogen-bond acceptors (Lipinski definition) is 6. The Labute approximate surface area is 283 Å². The summed E-state index contributed by atoms with van der Waals surface area (Å²) in [6.07, 6.45) is 28.4. The first-order valence-electron chi connectivity index (χ1n) is 18.6. The van der Waals surface area contributed by atoms with Crippen LogP contribution in [0.1, 0.15) is 168 Å². The van der Waals surface area contributed by atoms with E-state index < -0.39 is 0 Å². The number of ether oxygens (including phenoxy) is 3. The first kappa shape index (κ1) is 38.2. The summed E-state index contributed by atoms with van der Waals surface area (Å²) in [7, 11) is 0. The number of halogens is 1. The lowest BCUT2D eigenvalue weighted by atomic mass is 10.0. The molecular weight excluding hydrogens is 667 g/mol. The molecule has 2 saturated heterocycles. The third-order valence-electron chi connectivity index (χ3n) is 10.0. The molecule has 7 heteroatoms. The molecule has 3 aliphatic rings. The molecule has 2 fully saturated rings. The average molecular weight is 733 g/mol. The van der Waals surface area contributed by atoms with Gasteiger partial charge < -0.3 is 24.4 Å². The van der Waals surface area contributed by atoms with E-state index in [4.69, 9.17) is 14.2 Å². The van der Waals surface area contributed by atoms with Crippen molar-refractivity contribution in [3.63, 3.8) is 0 Å². The van der Waals surface area contributed by atoms with Crippen LogP contribution in [0.4, 0.5) is 0 Å². The average Bonchev–Trinajstić information content (AvgIpc) is 3.76. The van der Waals surface area contributed by atoms with Crippen LogP contribution in [0.5, 0.6) is 0 Å². The molecule has 0 spiro atoms. The number of esters is 1. The van der Waals surface area contributed by atoms with E-state index >= 15 is 0 Å². The van der Waals surface area contributed by atoms with Crippen LogP contribution >= 0.6 is 22.6 Å². The number of hydrogen-bond donors (Lipinski definition) is 2. The van der Waals surface area contributed by atoms with Crippen LogP contribution in [0.3, 0.4) is 0 Å². The van der Waals surface area contributed by atoms with Crippen LogP contribution in [0.15, 0.2) is 11.6 Å². The monoisotopic (exact) mass is 732 g/mol. The Morgan fingerprint density at radius 3 is 1.73 bits per heavy atom. The number of aliphatic hydroxyl groups is 2. The van der Waals surface area contributed by atoms with Gasteiger partial charge in [0.15, 0.2) is 0 Å². The Morgan fingerprint density at radius 2 is 1.18 bits per heavy atom. The molecule has 3 aliphatic heterocycles. The summed E-state index contributed by atoms with van der Waals surface area (Å²) >= 11 is 2.59. The van der Waals surface area contributed by atoms with E-state index in [1.54, 1.807) is 0 Å². The second kappa shape index (κ2) is 22.4. The largest absolute Gasteiger partial charge is 0.455 e. The maximum Gasteiger partial charge on any atom is 0.334 e. The van der Waals surface area contributed by atoms with Gasteiger partial charge in [0, 0.05) is 9.50 Å². The highest BCUT2D eigenvalue weighted by atomic mass is 127. The second-order valence-electron chi connectivity index (χ2n) is 14.0. The number of alkyl halides is 1. The molecule has 8 atom stereocenters. The molecule has 3 heterocycles. The molecule has 0 saturated carbocycles. The van der Waals surface area contributed by atoms with Crippen molar-refractivity contribution in [2.75, 3.05) is 0 Å². The van der Waals surface area contributed by atoms with Crippen LogP contribution in [0, 0.1) is 0 Å². The summed E-state index contributed by atoms with van der Waals surface area (Å²) < 4.78 is 18.5. The molecule has 2 N–H and O–H groups in total. The van der Waals surface area contributed by atoms with Crippen LogP contribution in [0.25, 0.3) is 0 Å². The Hall–Kier alpha value is -0.220. The third-order valence-corrected chi connectivity index (χ3v) is 11.3. The van der Waals surface area contributed by atoms with Gasteiger partial charge in [0.25, 0.3) is 0 Å². The minimum absolute atomic E-state index is 0.0474. The molecule has 0 aromatic carbocycles. The second-order valence-corrected chi connectivity index (χ2v) is 15.7. The highest BCUT2D eigenvalue weighted by Gasteiger charge is 2.40. The van der Waals surface area contributed by atoms with Crippen LogP contribution in [-0.2, 0) is 19.0 Å². The van der Waals surface area contributed by atoms with Crippen LogP contribution < -0.4 is 0 Å². The lowest BCUT2D eigenvalue weighted by molar-refractivity contribution is -0.139. The molecule has 6 nitrogen and oxygen atoms in total. The van der Waals surface area contributed by atoms with E-state index in [1.807, 2.05) is 13.0 Å². The van der Waals surface area contributed by atoms with Crippen molar-refractivity contribution in [3.8, 4) is 0 Å². The molecule has 0 aliphatic carbocycles. The zero-order valence-electron chi connectivity index (χ0n) is 28.1. The maximum absolute atomic E-state index is 11.6. The van der Waals surface area contributed by atoms with E-state index in [9.17, 15) is 15.0 Å². The van der Waals surface area contributed by atoms with Gasteiger partial charge in [-0.25, -0.2) is 4.79 Å². The fourth-order valence-electron chi connectivity index (χ4n) is 7.25. The van der Waals surface area contributed by atoms with E-state index in [-0.39, 0.29) is 48.7 Å². The number of unbranched alkanes of at least 4 members (excludes halogenated alkanes) is 12. The Bertz CT molecular complexity index is 805. The predicted octanol–water partition coefficient (Wildman–Crippen LogP) is 9.30. The van der Waals surface area contributed by atoms with Crippen molar-refractivity contribution < 1.29 is 29.2 Å². The molecule has 0 aromatic rings. The number of carbonyl (C=O) groups is 1. The van der Waals surface area contributed by atoms with Gasteiger partial charge in [-0.3, -0.25) is 0 Å². The summed E-state index contributed by atoms with van der Waals surface area (Å²) in [6, 6.07) is 0. The smallest absolute Gasteiger partial charge is 0.334 e. The van der Waals surface area contributed by atoms with Gasteiger partial charge in [-0.05, 0) is 83.6 Å². The van der Waals surface area contributed by atoms with E-state index in [2.05, 4.69) is 29.5 Å². The normalized spacial score (nSPS) is 27.4. The fraction of sp³-hybridized carbons (Fsp3) is 0.919. The van der Waals surface area contributed by atoms with Crippen molar-refractivity contribution in [2.45, 2.75) is 215 Å². The van der Waals surface area contributed by atoms with Crippen LogP contribution in [0.2, 0.25) is 0 Å². The topological polar surface area (TPSA) is 85.2 Å². The maximum atomic E-state index is 11.6. The molecule has 3 rings (SSSR count). The molecule has 0 unspecified atom stereocenters.